The number of ether oxygens (including phenoxy) is 1. The van der Waals surface area contributed by atoms with E-state index in [0.29, 0.717) is 11.6 Å². The summed E-state index contributed by atoms with van der Waals surface area (Å²) in [7, 11) is 0. The Hall–Kier alpha value is -3.13. The quantitative estimate of drug-likeness (QED) is 0.751. The van der Waals surface area contributed by atoms with Crippen LogP contribution in [0.25, 0.3) is 11.4 Å². The summed E-state index contributed by atoms with van der Waals surface area (Å²) in [6.07, 6.45) is 0. The number of benzene rings is 2. The van der Waals surface area contributed by atoms with Gasteiger partial charge in [0, 0.05) is 23.7 Å². The van der Waals surface area contributed by atoms with Gasteiger partial charge in [0.15, 0.2) is 11.6 Å². The van der Waals surface area contributed by atoms with E-state index in [-0.39, 0.29) is 31.2 Å². The lowest BCUT2D eigenvalue weighted by atomic mass is 9.99. The van der Waals surface area contributed by atoms with Crippen molar-refractivity contribution in [2.24, 2.45) is 0 Å². The van der Waals surface area contributed by atoms with Crippen LogP contribution in [-0.2, 0) is 28.2 Å². The molecule has 0 radical (unpaired) electrons. The largest absolute Gasteiger partial charge is 0.370 e. The molecule has 0 spiro atoms. The van der Waals surface area contributed by atoms with E-state index in [1.807, 2.05) is 30.3 Å². The number of hydrogen-bond acceptors (Lipinski definition) is 4. The second-order valence-electron chi connectivity index (χ2n) is 6.83. The summed E-state index contributed by atoms with van der Waals surface area (Å²) in [5.74, 6) is -0.642. The summed E-state index contributed by atoms with van der Waals surface area (Å²) in [6, 6.07) is 12.7. The third-order valence-corrected chi connectivity index (χ3v) is 4.81. The van der Waals surface area contributed by atoms with E-state index in [4.69, 9.17) is 4.74 Å². The first kappa shape index (κ1) is 18.2. The average Bonchev–Trinajstić information content (AvgIpc) is 3.13. The number of rotatable bonds is 4. The number of amides is 1. The molecule has 28 heavy (non-hydrogen) atoms. The van der Waals surface area contributed by atoms with Crippen molar-refractivity contribution in [1.82, 2.24) is 20.1 Å². The average molecular weight is 384 g/mol. The molecule has 0 bridgehead atoms. The molecular weight excluding hydrogens is 366 g/mol. The summed E-state index contributed by atoms with van der Waals surface area (Å²) >= 11 is 0. The number of hydrogen-bond donors (Lipinski definition) is 1. The second-order valence-corrected chi connectivity index (χ2v) is 6.83. The van der Waals surface area contributed by atoms with Gasteiger partial charge in [0.25, 0.3) is 0 Å². The fourth-order valence-electron chi connectivity index (χ4n) is 3.31. The van der Waals surface area contributed by atoms with E-state index in [1.165, 1.54) is 6.07 Å². The van der Waals surface area contributed by atoms with Crippen molar-refractivity contribution in [1.29, 1.82) is 0 Å². The number of aromatic nitrogens is 3. The van der Waals surface area contributed by atoms with Crippen LogP contribution in [0.1, 0.15) is 18.3 Å². The molecule has 1 unspecified atom stereocenters. The molecule has 3 aromatic rings. The summed E-state index contributed by atoms with van der Waals surface area (Å²) < 4.78 is 34.3. The van der Waals surface area contributed by atoms with E-state index in [1.54, 1.807) is 11.5 Å². The first-order valence-electron chi connectivity index (χ1n) is 8.79. The predicted octanol–water partition coefficient (Wildman–Crippen LogP) is 2.79. The van der Waals surface area contributed by atoms with E-state index in [0.717, 1.165) is 17.7 Å². The molecule has 0 saturated heterocycles. The Bertz CT molecular complexity index is 1020. The van der Waals surface area contributed by atoms with Crippen LogP contribution in [0, 0.1) is 11.6 Å². The Labute approximate surface area is 160 Å². The van der Waals surface area contributed by atoms with E-state index >= 15 is 0 Å². The Morgan fingerprint density at radius 1 is 1.21 bits per heavy atom. The van der Waals surface area contributed by atoms with Crippen molar-refractivity contribution in [2.45, 2.75) is 25.6 Å². The number of nitrogens with one attached hydrogen (secondary N) is 1. The minimum atomic E-state index is -1.11. The lowest BCUT2D eigenvalue weighted by molar-refractivity contribution is -0.135. The third kappa shape index (κ3) is 3.16. The highest BCUT2D eigenvalue weighted by molar-refractivity contribution is 5.85. The molecule has 4 rings (SSSR count). The van der Waals surface area contributed by atoms with Gasteiger partial charge in [0.1, 0.15) is 23.8 Å². The fraction of sp³-hybridized carbons (Fsp3) is 0.250. The molecular formula is C20H18F2N4O2. The van der Waals surface area contributed by atoms with E-state index in [2.05, 4.69) is 15.5 Å². The van der Waals surface area contributed by atoms with Gasteiger partial charge >= 0.3 is 0 Å². The lowest BCUT2D eigenvalue weighted by Gasteiger charge is -2.35. The molecule has 1 N–H and O–H groups in total. The van der Waals surface area contributed by atoms with Crippen molar-refractivity contribution in [3.8, 4) is 11.4 Å². The fourth-order valence-corrected chi connectivity index (χ4v) is 3.31. The van der Waals surface area contributed by atoms with Crippen molar-refractivity contribution < 1.29 is 18.3 Å². The molecule has 2 heterocycles. The van der Waals surface area contributed by atoms with Gasteiger partial charge in [0.05, 0.1) is 6.61 Å². The Balaban J connectivity index is 1.63. The molecule has 2 aromatic carbocycles. The van der Waals surface area contributed by atoms with Gasteiger partial charge in [-0.1, -0.05) is 36.4 Å². The Kier molecular flexibility index (Phi) is 4.64. The highest BCUT2D eigenvalue weighted by atomic mass is 19.1. The molecule has 0 saturated carbocycles. The maximum absolute atomic E-state index is 13.9. The molecule has 1 aliphatic heterocycles. The Morgan fingerprint density at radius 2 is 2.00 bits per heavy atom. The Morgan fingerprint density at radius 3 is 2.75 bits per heavy atom. The zero-order valence-corrected chi connectivity index (χ0v) is 15.2. The minimum Gasteiger partial charge on any atom is -0.370 e. The zero-order chi connectivity index (χ0) is 19.7. The maximum atomic E-state index is 13.9. The number of carbonyl (C=O) groups excluding carboxylic acids is 1. The SMILES string of the molecule is CC1(C(=O)NCc2ccc(F)cc2F)COCc2nnc(-c3ccccc3)n21. The van der Waals surface area contributed by atoms with Gasteiger partial charge in [-0.3, -0.25) is 9.36 Å². The number of fused-ring (bicyclic) bond motifs is 1. The predicted molar refractivity (Wildman–Crippen MR) is 97.0 cm³/mol. The van der Waals surface area contributed by atoms with Gasteiger partial charge in [-0.2, -0.15) is 0 Å². The summed E-state index contributed by atoms with van der Waals surface area (Å²) in [4.78, 5) is 13.1. The zero-order valence-electron chi connectivity index (χ0n) is 15.2. The number of nitrogens with zero attached hydrogens (tertiary/aromatic N) is 3. The van der Waals surface area contributed by atoms with E-state index in [9.17, 15) is 13.6 Å². The maximum Gasteiger partial charge on any atom is 0.248 e. The number of carbonyl (C=O) groups is 1. The topological polar surface area (TPSA) is 69.0 Å². The van der Waals surface area contributed by atoms with Crippen LogP contribution in [0.15, 0.2) is 48.5 Å². The highest BCUT2D eigenvalue weighted by Crippen LogP contribution is 2.31. The van der Waals surface area contributed by atoms with Crippen LogP contribution in [0.3, 0.4) is 0 Å². The van der Waals surface area contributed by atoms with Gasteiger partial charge in [0.2, 0.25) is 5.91 Å². The van der Waals surface area contributed by atoms with Crippen LogP contribution in [0.2, 0.25) is 0 Å². The first-order valence-corrected chi connectivity index (χ1v) is 8.79. The van der Waals surface area contributed by atoms with Crippen LogP contribution in [0.5, 0.6) is 0 Å². The summed E-state index contributed by atoms with van der Waals surface area (Å²) in [5.41, 5.74) is -0.0900. The van der Waals surface area contributed by atoms with Crippen molar-refractivity contribution in [2.75, 3.05) is 6.61 Å². The van der Waals surface area contributed by atoms with Gasteiger partial charge < -0.3 is 10.1 Å². The molecule has 144 valence electrons. The molecule has 1 aromatic heterocycles. The molecule has 1 atom stereocenters. The first-order chi connectivity index (χ1) is 13.5. The number of halogens is 2. The molecule has 1 aliphatic rings. The molecule has 1 amide bonds. The standard InChI is InChI=1S/C20H18F2N4O2/c1-20(19(27)23-10-14-7-8-15(21)9-16(14)22)12-28-11-17-24-25-18(26(17)20)13-5-3-2-4-6-13/h2-9H,10-12H2,1H3,(H,23,27). The molecule has 6 nitrogen and oxygen atoms in total. The van der Waals surface area contributed by atoms with Crippen molar-refractivity contribution in [3.05, 3.63) is 71.6 Å². The van der Waals surface area contributed by atoms with E-state index < -0.39 is 17.2 Å². The normalized spacial score (nSPS) is 18.5. The third-order valence-electron chi connectivity index (χ3n) is 4.81. The van der Waals surface area contributed by atoms with Crippen LogP contribution >= 0.6 is 0 Å². The van der Waals surface area contributed by atoms with Crippen molar-refractivity contribution in [3.63, 3.8) is 0 Å². The molecule has 8 heteroatoms. The molecule has 0 fully saturated rings. The van der Waals surface area contributed by atoms with Gasteiger partial charge in [-0.25, -0.2) is 8.78 Å². The highest BCUT2D eigenvalue weighted by Gasteiger charge is 2.42. The van der Waals surface area contributed by atoms with Crippen LogP contribution < -0.4 is 5.32 Å². The summed E-state index contributed by atoms with van der Waals surface area (Å²) in [5, 5.41) is 11.1. The van der Waals surface area contributed by atoms with Crippen molar-refractivity contribution >= 4 is 5.91 Å². The van der Waals surface area contributed by atoms with Gasteiger partial charge in [-0.05, 0) is 13.0 Å². The monoisotopic (exact) mass is 384 g/mol. The second kappa shape index (κ2) is 7.12. The summed E-state index contributed by atoms with van der Waals surface area (Å²) in [6.45, 7) is 2.02. The molecule has 0 aliphatic carbocycles. The minimum absolute atomic E-state index is 0.0708. The lowest BCUT2D eigenvalue weighted by Crippen LogP contribution is -2.52. The smallest absolute Gasteiger partial charge is 0.248 e. The van der Waals surface area contributed by atoms with Crippen LogP contribution in [0.4, 0.5) is 8.78 Å². The van der Waals surface area contributed by atoms with Crippen LogP contribution in [-0.4, -0.2) is 27.3 Å². The van der Waals surface area contributed by atoms with Gasteiger partial charge in [-0.15, -0.1) is 10.2 Å².